The molecule has 0 spiro atoms. The maximum atomic E-state index is 13.0. The van der Waals surface area contributed by atoms with Crippen LogP contribution in [0.4, 0.5) is 0 Å². The Labute approximate surface area is 167 Å². The monoisotopic (exact) mass is 386 g/mol. The second-order valence-corrected chi connectivity index (χ2v) is 7.87. The molecule has 3 nitrogen and oxygen atoms in total. The smallest absolute Gasteiger partial charge is 0.234 e. The third kappa shape index (κ3) is 3.27. The van der Waals surface area contributed by atoms with Crippen molar-refractivity contribution < 1.29 is 14.7 Å². The zero-order valence-corrected chi connectivity index (χ0v) is 16.1. The van der Waals surface area contributed by atoms with Gasteiger partial charge in [-0.2, -0.15) is 0 Å². The van der Waals surface area contributed by atoms with E-state index in [0.717, 1.165) is 16.0 Å². The molecule has 1 aliphatic carbocycles. The minimum Gasteiger partial charge on any atom is -0.507 e. The number of thioether (sulfide) groups is 1. The normalized spacial score (nSPS) is 14.8. The van der Waals surface area contributed by atoms with Crippen molar-refractivity contribution in [1.82, 2.24) is 0 Å². The van der Waals surface area contributed by atoms with E-state index in [4.69, 9.17) is 0 Å². The standard InChI is InChI=1S/C24H18O3S/c1-15-8-7-11-17(14-15)28-24(16-9-3-2-4-10-16)20-21(25)18-12-5-6-13-19(18)22(26)23(20)27/h2-14,24-25H,1H3. The molecule has 0 fully saturated rings. The predicted molar refractivity (Wildman–Crippen MR) is 112 cm³/mol. The molecule has 0 amide bonds. The summed E-state index contributed by atoms with van der Waals surface area (Å²) in [6, 6.07) is 24.1. The lowest BCUT2D eigenvalue weighted by Crippen LogP contribution is -2.26. The fraction of sp³-hybridized carbons (Fsp3) is 0.0833. The van der Waals surface area contributed by atoms with Gasteiger partial charge in [0, 0.05) is 16.0 Å². The summed E-state index contributed by atoms with van der Waals surface area (Å²) < 4.78 is 0. The van der Waals surface area contributed by atoms with Crippen molar-refractivity contribution in [3.63, 3.8) is 0 Å². The van der Waals surface area contributed by atoms with Crippen molar-refractivity contribution in [1.29, 1.82) is 0 Å². The first-order valence-electron chi connectivity index (χ1n) is 8.96. The maximum Gasteiger partial charge on any atom is 0.234 e. The summed E-state index contributed by atoms with van der Waals surface area (Å²) in [6.45, 7) is 2.00. The number of Topliss-reactive ketones (excluding diaryl/α,β-unsaturated/α-hetero) is 2. The molecule has 0 saturated heterocycles. The summed E-state index contributed by atoms with van der Waals surface area (Å²) in [5.74, 6) is -1.34. The lowest BCUT2D eigenvalue weighted by Gasteiger charge is -2.25. The number of ketones is 2. The number of aliphatic hydroxyl groups excluding tert-OH is 1. The van der Waals surface area contributed by atoms with Crippen molar-refractivity contribution in [2.45, 2.75) is 17.1 Å². The van der Waals surface area contributed by atoms with Crippen LogP contribution < -0.4 is 0 Å². The van der Waals surface area contributed by atoms with E-state index in [1.165, 1.54) is 11.8 Å². The van der Waals surface area contributed by atoms with Crippen molar-refractivity contribution in [2.24, 2.45) is 0 Å². The molecule has 1 unspecified atom stereocenters. The molecular formula is C24H18O3S. The van der Waals surface area contributed by atoms with Crippen LogP contribution in [-0.4, -0.2) is 16.7 Å². The van der Waals surface area contributed by atoms with E-state index in [9.17, 15) is 14.7 Å². The minimum atomic E-state index is -0.648. The predicted octanol–water partition coefficient (Wildman–Crippen LogP) is 5.56. The van der Waals surface area contributed by atoms with Gasteiger partial charge in [-0.25, -0.2) is 0 Å². The maximum absolute atomic E-state index is 13.0. The molecule has 138 valence electrons. The number of hydrogen-bond acceptors (Lipinski definition) is 4. The number of carbonyl (C=O) groups excluding carboxylic acids is 2. The Morgan fingerprint density at radius 3 is 2.18 bits per heavy atom. The van der Waals surface area contributed by atoms with Gasteiger partial charge < -0.3 is 5.11 Å². The molecule has 1 N–H and O–H groups in total. The van der Waals surface area contributed by atoms with Gasteiger partial charge in [-0.15, -0.1) is 11.8 Å². The van der Waals surface area contributed by atoms with Crippen molar-refractivity contribution >= 4 is 29.1 Å². The first-order valence-corrected chi connectivity index (χ1v) is 9.84. The van der Waals surface area contributed by atoms with E-state index in [0.29, 0.717) is 5.56 Å². The van der Waals surface area contributed by atoms with E-state index in [1.807, 2.05) is 61.5 Å². The second-order valence-electron chi connectivity index (χ2n) is 6.69. The molecule has 0 aliphatic heterocycles. The third-order valence-electron chi connectivity index (χ3n) is 4.74. The van der Waals surface area contributed by atoms with Crippen LogP contribution in [0.2, 0.25) is 0 Å². The number of carbonyl (C=O) groups is 2. The van der Waals surface area contributed by atoms with Crippen LogP contribution in [0.3, 0.4) is 0 Å². The summed E-state index contributed by atoms with van der Waals surface area (Å²) >= 11 is 1.46. The third-order valence-corrected chi connectivity index (χ3v) is 6.01. The fourth-order valence-electron chi connectivity index (χ4n) is 3.37. The minimum absolute atomic E-state index is 0.116. The van der Waals surface area contributed by atoms with Gasteiger partial charge in [0.05, 0.1) is 10.8 Å². The van der Waals surface area contributed by atoms with Crippen LogP contribution in [0, 0.1) is 6.92 Å². The number of rotatable bonds is 4. The van der Waals surface area contributed by atoms with E-state index < -0.39 is 16.8 Å². The Morgan fingerprint density at radius 1 is 0.786 bits per heavy atom. The first kappa shape index (κ1) is 18.3. The van der Waals surface area contributed by atoms with Crippen molar-refractivity contribution in [2.75, 3.05) is 0 Å². The summed E-state index contributed by atoms with van der Waals surface area (Å²) in [4.78, 5) is 26.7. The van der Waals surface area contributed by atoms with Gasteiger partial charge in [-0.1, -0.05) is 72.3 Å². The summed E-state index contributed by atoms with van der Waals surface area (Å²) in [7, 11) is 0. The molecule has 0 aromatic heterocycles. The summed E-state index contributed by atoms with van der Waals surface area (Å²) in [5.41, 5.74) is 2.76. The quantitative estimate of drug-likeness (QED) is 0.471. The molecule has 1 atom stereocenters. The summed E-state index contributed by atoms with van der Waals surface area (Å²) in [5, 5.41) is 10.5. The number of aryl methyl sites for hydroxylation is 1. The molecule has 0 heterocycles. The van der Waals surface area contributed by atoms with Gasteiger partial charge in [-0.05, 0) is 24.6 Å². The Bertz CT molecular complexity index is 1100. The van der Waals surface area contributed by atoms with E-state index in [-0.39, 0.29) is 16.9 Å². The largest absolute Gasteiger partial charge is 0.507 e. The van der Waals surface area contributed by atoms with Crippen molar-refractivity contribution in [3.05, 3.63) is 107 Å². The number of fused-ring (bicyclic) bond motifs is 1. The Morgan fingerprint density at radius 2 is 1.46 bits per heavy atom. The van der Waals surface area contributed by atoms with Crippen LogP contribution in [0.25, 0.3) is 5.76 Å². The van der Waals surface area contributed by atoms with Crippen LogP contribution in [0.15, 0.2) is 89.3 Å². The highest BCUT2D eigenvalue weighted by Gasteiger charge is 2.37. The molecule has 4 heteroatoms. The lowest BCUT2D eigenvalue weighted by molar-refractivity contribution is -0.112. The SMILES string of the molecule is Cc1cccc(SC(C2=C(O)c3ccccc3C(=O)C2=O)c2ccccc2)c1. The zero-order chi connectivity index (χ0) is 19.7. The molecule has 0 bridgehead atoms. The molecule has 0 radical (unpaired) electrons. The average Bonchev–Trinajstić information content (AvgIpc) is 2.72. The van der Waals surface area contributed by atoms with E-state index in [1.54, 1.807) is 24.3 Å². The zero-order valence-electron chi connectivity index (χ0n) is 15.3. The van der Waals surface area contributed by atoms with Gasteiger partial charge in [0.25, 0.3) is 0 Å². The molecular weight excluding hydrogens is 368 g/mol. The Hall–Kier alpha value is -3.11. The molecule has 4 rings (SSSR count). The Balaban J connectivity index is 1.89. The van der Waals surface area contributed by atoms with Crippen molar-refractivity contribution in [3.8, 4) is 0 Å². The molecule has 28 heavy (non-hydrogen) atoms. The number of hydrogen-bond donors (Lipinski definition) is 1. The second kappa shape index (κ2) is 7.49. The van der Waals surface area contributed by atoms with E-state index >= 15 is 0 Å². The van der Waals surface area contributed by atoms with Crippen LogP contribution in [0.1, 0.15) is 32.3 Å². The van der Waals surface area contributed by atoms with Gasteiger partial charge in [0.2, 0.25) is 11.6 Å². The number of benzene rings is 3. The van der Waals surface area contributed by atoms with Gasteiger partial charge >= 0.3 is 0 Å². The highest BCUT2D eigenvalue weighted by molar-refractivity contribution is 7.99. The highest BCUT2D eigenvalue weighted by atomic mass is 32.2. The molecule has 3 aromatic rings. The first-order chi connectivity index (χ1) is 13.6. The molecule has 1 aliphatic rings. The number of aliphatic hydroxyl groups is 1. The highest BCUT2D eigenvalue weighted by Crippen LogP contribution is 2.45. The van der Waals surface area contributed by atoms with Crippen LogP contribution in [0.5, 0.6) is 0 Å². The van der Waals surface area contributed by atoms with Gasteiger partial charge in [0.1, 0.15) is 5.76 Å². The van der Waals surface area contributed by atoms with Crippen LogP contribution >= 0.6 is 11.8 Å². The van der Waals surface area contributed by atoms with Gasteiger partial charge in [-0.3, -0.25) is 9.59 Å². The lowest BCUT2D eigenvalue weighted by atomic mass is 9.85. The Kier molecular flexibility index (Phi) is 4.88. The van der Waals surface area contributed by atoms with Gasteiger partial charge in [0.15, 0.2) is 0 Å². The average molecular weight is 386 g/mol. The fourth-order valence-corrected chi connectivity index (χ4v) is 4.69. The van der Waals surface area contributed by atoms with Crippen LogP contribution in [-0.2, 0) is 4.79 Å². The van der Waals surface area contributed by atoms with E-state index in [2.05, 4.69) is 0 Å². The molecule has 3 aromatic carbocycles. The summed E-state index contributed by atoms with van der Waals surface area (Å²) in [6.07, 6.45) is 0. The topological polar surface area (TPSA) is 54.4 Å². The molecule has 0 saturated carbocycles.